The topological polar surface area (TPSA) is 77.2 Å². The van der Waals surface area contributed by atoms with Crippen LogP contribution in [0.4, 0.5) is 5.82 Å². The van der Waals surface area contributed by atoms with Gasteiger partial charge < -0.3 is 15.8 Å². The van der Waals surface area contributed by atoms with Gasteiger partial charge in [0, 0.05) is 18.4 Å². The second-order valence-electron chi connectivity index (χ2n) is 4.16. The number of anilines is 1. The van der Waals surface area contributed by atoms with Gasteiger partial charge in [-0.1, -0.05) is 13.8 Å². The molecule has 5 nitrogen and oxygen atoms in total. The average molecular weight is 251 g/mol. The number of nitrogens with two attached hydrogens (primary N) is 1. The van der Waals surface area contributed by atoms with Crippen LogP contribution in [-0.2, 0) is 11.2 Å². The quantitative estimate of drug-likeness (QED) is 0.800. The highest BCUT2D eigenvalue weighted by Crippen LogP contribution is 2.09. The van der Waals surface area contributed by atoms with Gasteiger partial charge in [0.25, 0.3) is 5.91 Å². The molecule has 1 heterocycles. The smallest absolute Gasteiger partial charge is 0.251 e. The van der Waals surface area contributed by atoms with Crippen molar-refractivity contribution in [3.8, 4) is 0 Å². The van der Waals surface area contributed by atoms with E-state index < -0.39 is 0 Å². The van der Waals surface area contributed by atoms with Crippen LogP contribution in [-0.4, -0.2) is 30.6 Å². The Hall–Kier alpha value is -1.62. The summed E-state index contributed by atoms with van der Waals surface area (Å²) in [5.74, 6) is 0.238. The van der Waals surface area contributed by atoms with Gasteiger partial charge in [-0.05, 0) is 25.0 Å². The van der Waals surface area contributed by atoms with Gasteiger partial charge >= 0.3 is 0 Å². The van der Waals surface area contributed by atoms with Crippen molar-refractivity contribution in [3.63, 3.8) is 0 Å². The molecule has 1 rings (SSSR count). The van der Waals surface area contributed by atoms with Crippen LogP contribution in [0.1, 0.15) is 36.3 Å². The molecule has 1 aromatic heterocycles. The van der Waals surface area contributed by atoms with Gasteiger partial charge in [-0.15, -0.1) is 0 Å². The molecule has 100 valence electrons. The minimum atomic E-state index is -0.136. The van der Waals surface area contributed by atoms with Crippen LogP contribution in [0.2, 0.25) is 0 Å². The Labute approximate surface area is 108 Å². The summed E-state index contributed by atoms with van der Waals surface area (Å²) in [7, 11) is 1.62. The van der Waals surface area contributed by atoms with Gasteiger partial charge in [0.2, 0.25) is 0 Å². The highest BCUT2D eigenvalue weighted by Gasteiger charge is 2.13. The van der Waals surface area contributed by atoms with Gasteiger partial charge in [0.15, 0.2) is 0 Å². The number of rotatable bonds is 6. The molecule has 0 spiro atoms. The van der Waals surface area contributed by atoms with Crippen molar-refractivity contribution in [2.24, 2.45) is 0 Å². The molecule has 1 amide bonds. The maximum atomic E-state index is 12.1. The molecule has 1 aromatic rings. The predicted octanol–water partition coefficient (Wildman–Crippen LogP) is 1.38. The van der Waals surface area contributed by atoms with E-state index in [1.165, 1.54) is 0 Å². The van der Waals surface area contributed by atoms with E-state index >= 15 is 0 Å². The number of hydrogen-bond donors (Lipinski definition) is 2. The van der Waals surface area contributed by atoms with Gasteiger partial charge in [0.05, 0.1) is 12.6 Å². The largest absolute Gasteiger partial charge is 0.384 e. The molecule has 0 saturated carbocycles. The van der Waals surface area contributed by atoms with Crippen LogP contribution in [0.25, 0.3) is 0 Å². The first-order chi connectivity index (χ1) is 8.60. The molecule has 1 atom stereocenters. The Kier molecular flexibility index (Phi) is 5.58. The zero-order valence-electron chi connectivity index (χ0n) is 11.2. The van der Waals surface area contributed by atoms with Crippen LogP contribution >= 0.6 is 0 Å². The molecule has 0 radical (unpaired) electrons. The van der Waals surface area contributed by atoms with Crippen molar-refractivity contribution in [2.75, 3.05) is 19.5 Å². The van der Waals surface area contributed by atoms with Crippen molar-refractivity contribution in [1.82, 2.24) is 10.3 Å². The van der Waals surface area contributed by atoms with Crippen LogP contribution in [0.15, 0.2) is 12.1 Å². The highest BCUT2D eigenvalue weighted by atomic mass is 16.5. The minimum Gasteiger partial charge on any atom is -0.384 e. The first-order valence-electron chi connectivity index (χ1n) is 6.16. The summed E-state index contributed by atoms with van der Waals surface area (Å²) >= 11 is 0. The van der Waals surface area contributed by atoms with Gasteiger partial charge in [-0.2, -0.15) is 0 Å². The van der Waals surface area contributed by atoms with Gasteiger partial charge in [-0.25, -0.2) is 4.98 Å². The summed E-state index contributed by atoms with van der Waals surface area (Å²) in [6, 6.07) is 3.38. The Morgan fingerprint density at radius 3 is 2.78 bits per heavy atom. The molecule has 1 unspecified atom stereocenters. The van der Waals surface area contributed by atoms with E-state index in [0.717, 1.165) is 18.5 Å². The fourth-order valence-electron chi connectivity index (χ4n) is 1.65. The molecule has 0 fully saturated rings. The summed E-state index contributed by atoms with van der Waals surface area (Å²) in [5.41, 5.74) is 7.05. The van der Waals surface area contributed by atoms with E-state index in [1.807, 2.05) is 13.8 Å². The third-order valence-corrected chi connectivity index (χ3v) is 2.72. The number of ether oxygens (including phenoxy) is 1. The zero-order valence-corrected chi connectivity index (χ0v) is 11.2. The predicted molar refractivity (Wildman–Crippen MR) is 71.4 cm³/mol. The number of carbonyl (C=O) groups excluding carboxylic acids is 1. The van der Waals surface area contributed by atoms with Crippen molar-refractivity contribution in [2.45, 2.75) is 32.7 Å². The molecule has 5 heteroatoms. The molecule has 0 aliphatic carbocycles. The summed E-state index contributed by atoms with van der Waals surface area (Å²) in [6.07, 6.45) is 1.57. The number of methoxy groups -OCH3 is 1. The normalized spacial score (nSPS) is 12.2. The fourth-order valence-corrected chi connectivity index (χ4v) is 1.65. The number of nitrogens with zero attached hydrogens (tertiary/aromatic N) is 1. The van der Waals surface area contributed by atoms with Crippen LogP contribution in [0, 0.1) is 0 Å². The first kappa shape index (κ1) is 14.4. The number of aromatic nitrogens is 1. The molecule has 3 N–H and O–H groups in total. The second-order valence-corrected chi connectivity index (χ2v) is 4.16. The highest BCUT2D eigenvalue weighted by molar-refractivity contribution is 5.95. The number of hydrogen-bond acceptors (Lipinski definition) is 4. The Balaban J connectivity index is 2.79. The average Bonchev–Trinajstić information content (AvgIpc) is 2.37. The molecule has 0 saturated heterocycles. The van der Waals surface area contributed by atoms with E-state index in [0.29, 0.717) is 18.0 Å². The standard InChI is InChI=1S/C13H21N3O2/c1-4-10-6-9(7-12(14)15-10)13(17)16-11(5-2)8-18-3/h6-7,11H,4-5,8H2,1-3H3,(H2,14,15)(H,16,17). The number of nitrogen functional groups attached to an aromatic ring is 1. The molecule has 0 aliphatic rings. The first-order valence-corrected chi connectivity index (χ1v) is 6.16. The molecular formula is C13H21N3O2. The summed E-state index contributed by atoms with van der Waals surface area (Å²) < 4.78 is 5.05. The van der Waals surface area contributed by atoms with Gasteiger partial charge in [-0.3, -0.25) is 4.79 Å². The monoisotopic (exact) mass is 251 g/mol. The van der Waals surface area contributed by atoms with Crippen molar-refractivity contribution < 1.29 is 9.53 Å². The third-order valence-electron chi connectivity index (χ3n) is 2.72. The van der Waals surface area contributed by atoms with E-state index in [-0.39, 0.29) is 11.9 Å². The number of pyridine rings is 1. The third kappa shape index (κ3) is 4.00. The van der Waals surface area contributed by atoms with Crippen LogP contribution in [0.5, 0.6) is 0 Å². The summed E-state index contributed by atoms with van der Waals surface area (Å²) in [4.78, 5) is 16.2. The maximum Gasteiger partial charge on any atom is 0.251 e. The van der Waals surface area contributed by atoms with Gasteiger partial charge in [0.1, 0.15) is 5.82 Å². The van der Waals surface area contributed by atoms with Crippen LogP contribution in [0.3, 0.4) is 0 Å². The van der Waals surface area contributed by atoms with Crippen molar-refractivity contribution >= 4 is 11.7 Å². The lowest BCUT2D eigenvalue weighted by atomic mass is 10.1. The Morgan fingerprint density at radius 1 is 1.50 bits per heavy atom. The van der Waals surface area contributed by atoms with E-state index in [1.54, 1.807) is 19.2 Å². The van der Waals surface area contributed by atoms with E-state index in [9.17, 15) is 4.79 Å². The minimum absolute atomic E-state index is 0.0157. The number of nitrogens with one attached hydrogen (secondary N) is 1. The summed E-state index contributed by atoms with van der Waals surface area (Å²) in [6.45, 7) is 4.48. The van der Waals surface area contributed by atoms with E-state index in [4.69, 9.17) is 10.5 Å². The maximum absolute atomic E-state index is 12.1. The van der Waals surface area contributed by atoms with Crippen molar-refractivity contribution in [1.29, 1.82) is 0 Å². The lowest BCUT2D eigenvalue weighted by molar-refractivity contribution is 0.0894. The number of aryl methyl sites for hydroxylation is 1. The SMILES string of the molecule is CCc1cc(C(=O)NC(CC)COC)cc(N)n1. The molecular weight excluding hydrogens is 230 g/mol. The van der Waals surface area contributed by atoms with Crippen molar-refractivity contribution in [3.05, 3.63) is 23.4 Å². The summed E-state index contributed by atoms with van der Waals surface area (Å²) in [5, 5.41) is 2.92. The molecule has 0 aliphatic heterocycles. The Bertz CT molecular complexity index is 407. The lowest BCUT2D eigenvalue weighted by Crippen LogP contribution is -2.37. The van der Waals surface area contributed by atoms with Crippen LogP contribution < -0.4 is 11.1 Å². The fraction of sp³-hybridized carbons (Fsp3) is 0.538. The zero-order chi connectivity index (χ0) is 13.5. The number of amides is 1. The lowest BCUT2D eigenvalue weighted by Gasteiger charge is -2.16. The number of carbonyl (C=O) groups is 1. The molecule has 18 heavy (non-hydrogen) atoms. The second kappa shape index (κ2) is 6.96. The molecule has 0 bridgehead atoms. The molecule has 0 aromatic carbocycles. The van der Waals surface area contributed by atoms with E-state index in [2.05, 4.69) is 10.3 Å². The Morgan fingerprint density at radius 2 is 2.22 bits per heavy atom.